The van der Waals surface area contributed by atoms with Gasteiger partial charge in [0.05, 0.1) is 5.41 Å². The van der Waals surface area contributed by atoms with Crippen LogP contribution in [-0.4, -0.2) is 21.6 Å². The highest BCUT2D eigenvalue weighted by Crippen LogP contribution is 2.41. The molecule has 1 unspecified atom stereocenters. The summed E-state index contributed by atoms with van der Waals surface area (Å²) in [7, 11) is 1.65. The Balaban J connectivity index is 2.50. The molecule has 0 aliphatic carbocycles. The molecule has 0 saturated carbocycles. The smallest absolute Gasteiger partial charge is 0.241 e. The number of anilines is 1. The average molecular weight is 260 g/mol. The molecule has 1 aromatic heterocycles. The zero-order valence-electron chi connectivity index (χ0n) is 11.5. The quantitative estimate of drug-likeness (QED) is 0.749. The Hall–Kier alpha value is -2.16. The molecule has 2 heterocycles. The van der Waals surface area contributed by atoms with Gasteiger partial charge in [0.2, 0.25) is 11.8 Å². The number of hydrogen-bond acceptors (Lipinski definition) is 4. The maximum absolute atomic E-state index is 12.5. The molecular weight excluding hydrogens is 244 g/mol. The van der Waals surface area contributed by atoms with Crippen molar-refractivity contribution in [1.82, 2.24) is 9.78 Å². The van der Waals surface area contributed by atoms with Crippen molar-refractivity contribution in [2.45, 2.75) is 27.2 Å². The summed E-state index contributed by atoms with van der Waals surface area (Å²) >= 11 is 0. The number of aryl methyl sites for hydroxylation is 1. The molecule has 1 aliphatic heterocycles. The molecule has 0 N–H and O–H groups in total. The van der Waals surface area contributed by atoms with E-state index in [1.54, 1.807) is 14.0 Å². The standard InChI is InChI=1S/C13H16N4O2/c1-8(2)13(3)5-10(18)17(12(13)19)11-9(6-14)7-16(4)15-11/h7-8H,5H2,1-4H3. The van der Waals surface area contributed by atoms with Crippen molar-refractivity contribution in [2.24, 2.45) is 18.4 Å². The van der Waals surface area contributed by atoms with Crippen molar-refractivity contribution in [3.63, 3.8) is 0 Å². The van der Waals surface area contributed by atoms with Crippen LogP contribution in [0.25, 0.3) is 0 Å². The van der Waals surface area contributed by atoms with Crippen LogP contribution in [0.1, 0.15) is 32.8 Å². The van der Waals surface area contributed by atoms with Gasteiger partial charge in [-0.05, 0) is 12.8 Å². The highest BCUT2D eigenvalue weighted by atomic mass is 16.2. The second kappa shape index (κ2) is 4.19. The lowest BCUT2D eigenvalue weighted by Gasteiger charge is -2.25. The summed E-state index contributed by atoms with van der Waals surface area (Å²) in [5.41, 5.74) is -0.487. The average Bonchev–Trinajstić information content (AvgIpc) is 2.79. The van der Waals surface area contributed by atoms with Crippen molar-refractivity contribution in [1.29, 1.82) is 5.26 Å². The summed E-state index contributed by atoms with van der Waals surface area (Å²) in [6.45, 7) is 5.61. The molecular formula is C13H16N4O2. The van der Waals surface area contributed by atoms with Gasteiger partial charge in [-0.25, -0.2) is 4.90 Å². The topological polar surface area (TPSA) is 79.0 Å². The minimum Gasteiger partial charge on any atom is -0.274 e. The minimum absolute atomic E-state index is 0.0446. The molecule has 2 rings (SSSR count). The fourth-order valence-corrected chi connectivity index (χ4v) is 2.22. The van der Waals surface area contributed by atoms with Gasteiger partial charge in [0, 0.05) is 19.7 Å². The molecule has 0 radical (unpaired) electrons. The molecule has 1 aromatic rings. The number of nitriles is 1. The van der Waals surface area contributed by atoms with Crippen LogP contribution in [-0.2, 0) is 16.6 Å². The lowest BCUT2D eigenvalue weighted by Crippen LogP contribution is -2.37. The van der Waals surface area contributed by atoms with Crippen molar-refractivity contribution in [2.75, 3.05) is 4.90 Å². The predicted octanol–water partition coefficient (Wildman–Crippen LogP) is 1.22. The molecule has 0 bridgehead atoms. The van der Waals surface area contributed by atoms with E-state index in [2.05, 4.69) is 5.10 Å². The van der Waals surface area contributed by atoms with E-state index >= 15 is 0 Å². The van der Waals surface area contributed by atoms with Gasteiger partial charge in [0.25, 0.3) is 0 Å². The SMILES string of the molecule is CC(C)C1(C)CC(=O)N(c2nn(C)cc2C#N)C1=O. The van der Waals surface area contributed by atoms with Crippen LogP contribution in [0.4, 0.5) is 5.82 Å². The Morgan fingerprint density at radius 3 is 2.58 bits per heavy atom. The molecule has 1 saturated heterocycles. The predicted molar refractivity (Wildman–Crippen MR) is 68.0 cm³/mol. The van der Waals surface area contributed by atoms with E-state index in [-0.39, 0.29) is 35.5 Å². The number of rotatable bonds is 2. The lowest BCUT2D eigenvalue weighted by atomic mass is 9.78. The molecule has 0 spiro atoms. The molecule has 1 aliphatic rings. The highest BCUT2D eigenvalue weighted by molar-refractivity contribution is 6.22. The van der Waals surface area contributed by atoms with Crippen molar-refractivity contribution in [3.8, 4) is 6.07 Å². The molecule has 2 amide bonds. The molecule has 1 atom stereocenters. The number of amides is 2. The fourth-order valence-electron chi connectivity index (χ4n) is 2.22. The number of carbonyl (C=O) groups is 2. The van der Waals surface area contributed by atoms with Gasteiger partial charge in [0.15, 0.2) is 5.82 Å². The molecule has 1 fully saturated rings. The van der Waals surface area contributed by atoms with E-state index < -0.39 is 5.41 Å². The number of nitrogens with zero attached hydrogens (tertiary/aromatic N) is 4. The first-order valence-corrected chi connectivity index (χ1v) is 6.12. The first-order chi connectivity index (χ1) is 8.81. The van der Waals surface area contributed by atoms with Crippen LogP contribution in [0.2, 0.25) is 0 Å². The highest BCUT2D eigenvalue weighted by Gasteiger charge is 2.51. The third-order valence-corrected chi connectivity index (χ3v) is 3.88. The van der Waals surface area contributed by atoms with Crippen LogP contribution in [0.5, 0.6) is 0 Å². The van der Waals surface area contributed by atoms with Crippen LogP contribution in [0, 0.1) is 22.7 Å². The monoisotopic (exact) mass is 260 g/mol. The zero-order valence-corrected chi connectivity index (χ0v) is 11.5. The maximum atomic E-state index is 12.5. The summed E-state index contributed by atoms with van der Waals surface area (Å²) in [5, 5.41) is 13.1. The van der Waals surface area contributed by atoms with Crippen molar-refractivity contribution < 1.29 is 9.59 Å². The Morgan fingerprint density at radius 1 is 1.47 bits per heavy atom. The zero-order chi connectivity index (χ0) is 14.4. The van der Waals surface area contributed by atoms with Crippen LogP contribution in [0.15, 0.2) is 6.20 Å². The van der Waals surface area contributed by atoms with Crippen LogP contribution < -0.4 is 4.90 Å². The normalized spacial score (nSPS) is 23.3. The number of carbonyl (C=O) groups excluding carboxylic acids is 2. The molecule has 19 heavy (non-hydrogen) atoms. The van der Waals surface area contributed by atoms with E-state index in [1.807, 2.05) is 19.9 Å². The van der Waals surface area contributed by atoms with Gasteiger partial charge in [-0.15, -0.1) is 0 Å². The first-order valence-electron chi connectivity index (χ1n) is 6.12. The van der Waals surface area contributed by atoms with Gasteiger partial charge >= 0.3 is 0 Å². The van der Waals surface area contributed by atoms with E-state index in [1.165, 1.54) is 10.9 Å². The summed E-state index contributed by atoms with van der Waals surface area (Å²) in [6, 6.07) is 1.96. The second-order valence-electron chi connectivity index (χ2n) is 5.44. The van der Waals surface area contributed by atoms with Crippen LogP contribution >= 0.6 is 0 Å². The van der Waals surface area contributed by atoms with Crippen molar-refractivity contribution in [3.05, 3.63) is 11.8 Å². The Kier molecular flexibility index (Phi) is 2.93. The Morgan fingerprint density at radius 2 is 2.11 bits per heavy atom. The summed E-state index contributed by atoms with van der Waals surface area (Å²) in [5.74, 6) is -0.383. The number of aromatic nitrogens is 2. The van der Waals surface area contributed by atoms with Gasteiger partial charge < -0.3 is 0 Å². The summed E-state index contributed by atoms with van der Waals surface area (Å²) in [4.78, 5) is 25.7. The Bertz CT molecular complexity index is 596. The third-order valence-electron chi connectivity index (χ3n) is 3.88. The van der Waals surface area contributed by atoms with E-state index in [4.69, 9.17) is 5.26 Å². The number of hydrogen-bond donors (Lipinski definition) is 0. The van der Waals surface area contributed by atoms with Gasteiger partial charge in [-0.3, -0.25) is 14.3 Å². The minimum atomic E-state index is -0.721. The molecule has 6 heteroatoms. The maximum Gasteiger partial charge on any atom is 0.241 e. The summed E-state index contributed by atoms with van der Waals surface area (Å²) < 4.78 is 1.43. The van der Waals surface area contributed by atoms with Crippen molar-refractivity contribution >= 4 is 17.6 Å². The van der Waals surface area contributed by atoms with E-state index in [0.29, 0.717) is 0 Å². The second-order valence-corrected chi connectivity index (χ2v) is 5.44. The van der Waals surface area contributed by atoms with Gasteiger partial charge in [0.1, 0.15) is 11.6 Å². The van der Waals surface area contributed by atoms with Crippen LogP contribution in [0.3, 0.4) is 0 Å². The van der Waals surface area contributed by atoms with E-state index in [0.717, 1.165) is 4.90 Å². The summed E-state index contributed by atoms with van der Waals surface area (Å²) in [6.07, 6.45) is 1.66. The Labute approximate surface area is 111 Å². The van der Waals surface area contributed by atoms with Gasteiger partial charge in [-0.2, -0.15) is 10.4 Å². The fraction of sp³-hybridized carbons (Fsp3) is 0.538. The first kappa shape index (κ1) is 13.3. The lowest BCUT2D eigenvalue weighted by molar-refractivity contribution is -0.126. The van der Waals surface area contributed by atoms with E-state index in [9.17, 15) is 9.59 Å². The molecule has 0 aromatic carbocycles. The van der Waals surface area contributed by atoms with Gasteiger partial charge in [-0.1, -0.05) is 13.8 Å². The number of imide groups is 1. The molecule has 6 nitrogen and oxygen atoms in total. The molecule has 100 valence electrons. The largest absolute Gasteiger partial charge is 0.274 e. The third kappa shape index (κ3) is 1.82.